The van der Waals surface area contributed by atoms with E-state index in [-0.39, 0.29) is 11.8 Å². The number of rotatable bonds is 7. The zero-order valence-corrected chi connectivity index (χ0v) is 14.2. The van der Waals surface area contributed by atoms with Crippen LogP contribution in [0.15, 0.2) is 41.0 Å². The molecule has 2 heterocycles. The van der Waals surface area contributed by atoms with E-state index < -0.39 is 5.97 Å². The Bertz CT molecular complexity index is 678. The molecule has 25 heavy (non-hydrogen) atoms. The molecule has 0 spiro atoms. The zero-order chi connectivity index (χ0) is 17.6. The first-order chi connectivity index (χ1) is 12.1. The van der Waals surface area contributed by atoms with Crippen LogP contribution in [0.2, 0.25) is 0 Å². The lowest BCUT2D eigenvalue weighted by molar-refractivity contribution is 0.0497. The summed E-state index contributed by atoms with van der Waals surface area (Å²) in [6.45, 7) is 2.23. The maximum atomic E-state index is 10.8. The number of carboxylic acids is 1. The van der Waals surface area contributed by atoms with E-state index in [0.29, 0.717) is 18.4 Å². The molecule has 0 aliphatic carbocycles. The highest BCUT2D eigenvalue weighted by atomic mass is 16.4. The van der Waals surface area contributed by atoms with E-state index in [4.69, 9.17) is 9.52 Å². The lowest BCUT2D eigenvalue weighted by atomic mass is 9.88. The molecule has 1 aliphatic heterocycles. The standard InChI is InChI=1S/C19H24N2O4/c22-17(7-6-14-4-2-1-3-5-14)15-8-10-21(11-9-15)12-18-20-16(13-25-18)19(23)24/h1-5,13,15,17,22H,6-12H2,(H,23,24). The van der Waals surface area contributed by atoms with Crippen molar-refractivity contribution in [3.05, 3.63) is 53.7 Å². The number of carbonyl (C=O) groups is 1. The van der Waals surface area contributed by atoms with Crippen LogP contribution >= 0.6 is 0 Å². The molecule has 1 atom stereocenters. The predicted octanol–water partition coefficient (Wildman–Crippen LogP) is 2.58. The molecule has 134 valence electrons. The van der Waals surface area contributed by atoms with Gasteiger partial charge in [0.05, 0.1) is 12.6 Å². The summed E-state index contributed by atoms with van der Waals surface area (Å²) in [6.07, 6.45) is 4.46. The fourth-order valence-electron chi connectivity index (χ4n) is 3.36. The molecule has 1 aromatic heterocycles. The Labute approximate surface area is 147 Å². The van der Waals surface area contributed by atoms with Crippen molar-refractivity contribution in [1.82, 2.24) is 9.88 Å². The molecule has 0 bridgehead atoms. The maximum absolute atomic E-state index is 10.8. The minimum Gasteiger partial charge on any atom is -0.476 e. The maximum Gasteiger partial charge on any atom is 0.357 e. The number of nitrogens with zero attached hydrogens (tertiary/aromatic N) is 2. The number of oxazole rings is 1. The van der Waals surface area contributed by atoms with Crippen LogP contribution in [0, 0.1) is 5.92 Å². The summed E-state index contributed by atoms with van der Waals surface area (Å²) in [4.78, 5) is 17.0. The van der Waals surface area contributed by atoms with Gasteiger partial charge in [-0.05, 0) is 50.3 Å². The summed E-state index contributed by atoms with van der Waals surface area (Å²) in [7, 11) is 0. The zero-order valence-electron chi connectivity index (χ0n) is 14.2. The Morgan fingerprint density at radius 2 is 2.00 bits per heavy atom. The van der Waals surface area contributed by atoms with Crippen molar-refractivity contribution < 1.29 is 19.4 Å². The smallest absolute Gasteiger partial charge is 0.357 e. The first-order valence-electron chi connectivity index (χ1n) is 8.74. The molecule has 0 amide bonds. The summed E-state index contributed by atoms with van der Waals surface area (Å²) in [5.41, 5.74) is 1.21. The van der Waals surface area contributed by atoms with E-state index in [9.17, 15) is 9.90 Å². The largest absolute Gasteiger partial charge is 0.476 e. The van der Waals surface area contributed by atoms with Crippen molar-refractivity contribution in [3.63, 3.8) is 0 Å². The molecule has 1 unspecified atom stereocenters. The molecule has 0 saturated carbocycles. The van der Waals surface area contributed by atoms with Crippen LogP contribution in [0.3, 0.4) is 0 Å². The molecule has 6 nitrogen and oxygen atoms in total. The van der Waals surface area contributed by atoms with Gasteiger partial charge in [0.2, 0.25) is 5.89 Å². The van der Waals surface area contributed by atoms with Gasteiger partial charge in [-0.2, -0.15) is 0 Å². The molecule has 1 aliphatic rings. The summed E-state index contributed by atoms with van der Waals surface area (Å²) in [5.74, 6) is -0.324. The molecular formula is C19H24N2O4. The number of carboxylic acid groups (broad SMARTS) is 1. The normalized spacial score (nSPS) is 17.5. The highest BCUT2D eigenvalue weighted by Crippen LogP contribution is 2.24. The first kappa shape index (κ1) is 17.6. The summed E-state index contributed by atoms with van der Waals surface area (Å²) >= 11 is 0. The van der Waals surface area contributed by atoms with Gasteiger partial charge in [0.25, 0.3) is 0 Å². The highest BCUT2D eigenvalue weighted by molar-refractivity contribution is 5.84. The fraction of sp³-hybridized carbons (Fsp3) is 0.474. The van der Waals surface area contributed by atoms with Gasteiger partial charge in [0.15, 0.2) is 5.69 Å². The van der Waals surface area contributed by atoms with Crippen molar-refractivity contribution in [3.8, 4) is 0 Å². The van der Waals surface area contributed by atoms with Gasteiger partial charge < -0.3 is 14.6 Å². The number of piperidine rings is 1. The second-order valence-corrected chi connectivity index (χ2v) is 6.64. The van der Waals surface area contributed by atoms with Crippen LogP contribution in [0.1, 0.15) is 41.2 Å². The number of aromatic nitrogens is 1. The van der Waals surface area contributed by atoms with Gasteiger partial charge in [0, 0.05) is 0 Å². The lowest BCUT2D eigenvalue weighted by Crippen LogP contribution is -2.37. The average molecular weight is 344 g/mol. The van der Waals surface area contributed by atoms with Crippen LogP contribution in [0.4, 0.5) is 0 Å². The number of hydrogen-bond donors (Lipinski definition) is 2. The molecule has 3 rings (SSSR count). The van der Waals surface area contributed by atoms with E-state index in [1.54, 1.807) is 0 Å². The van der Waals surface area contributed by atoms with Crippen molar-refractivity contribution in [1.29, 1.82) is 0 Å². The van der Waals surface area contributed by atoms with Gasteiger partial charge in [-0.3, -0.25) is 4.90 Å². The molecule has 0 radical (unpaired) electrons. The Kier molecular flexibility index (Phi) is 5.83. The topological polar surface area (TPSA) is 86.8 Å². The number of aliphatic hydroxyl groups excluding tert-OH is 1. The number of likely N-dealkylation sites (tertiary alicyclic amines) is 1. The molecule has 1 fully saturated rings. The van der Waals surface area contributed by atoms with E-state index in [1.165, 1.54) is 11.8 Å². The van der Waals surface area contributed by atoms with Gasteiger partial charge in [-0.15, -0.1) is 0 Å². The second kappa shape index (κ2) is 8.27. The molecule has 1 aromatic carbocycles. The predicted molar refractivity (Wildman–Crippen MR) is 92.2 cm³/mol. The van der Waals surface area contributed by atoms with Gasteiger partial charge in [0.1, 0.15) is 6.26 Å². The summed E-state index contributed by atoms with van der Waals surface area (Å²) in [6, 6.07) is 10.2. The van der Waals surface area contributed by atoms with Crippen LogP contribution in [0.5, 0.6) is 0 Å². The number of aromatic carboxylic acids is 1. The second-order valence-electron chi connectivity index (χ2n) is 6.64. The van der Waals surface area contributed by atoms with E-state index in [1.807, 2.05) is 18.2 Å². The third-order valence-corrected chi connectivity index (χ3v) is 4.88. The average Bonchev–Trinajstić information content (AvgIpc) is 3.10. The Balaban J connectivity index is 1.42. The van der Waals surface area contributed by atoms with Gasteiger partial charge in [-0.25, -0.2) is 9.78 Å². The van der Waals surface area contributed by atoms with Crippen LogP contribution in [-0.4, -0.2) is 45.3 Å². The van der Waals surface area contributed by atoms with Crippen molar-refractivity contribution >= 4 is 5.97 Å². The molecular weight excluding hydrogens is 320 g/mol. The quantitative estimate of drug-likeness (QED) is 0.803. The molecule has 1 saturated heterocycles. The monoisotopic (exact) mass is 344 g/mol. The third kappa shape index (κ3) is 4.90. The van der Waals surface area contributed by atoms with Crippen molar-refractivity contribution in [2.45, 2.75) is 38.3 Å². The van der Waals surface area contributed by atoms with E-state index in [0.717, 1.165) is 38.8 Å². The molecule has 2 aromatic rings. The van der Waals surface area contributed by atoms with Crippen LogP contribution in [0.25, 0.3) is 0 Å². The molecule has 6 heteroatoms. The van der Waals surface area contributed by atoms with Crippen molar-refractivity contribution in [2.75, 3.05) is 13.1 Å². The highest BCUT2D eigenvalue weighted by Gasteiger charge is 2.26. The Hall–Kier alpha value is -2.18. The van der Waals surface area contributed by atoms with Gasteiger partial charge >= 0.3 is 5.97 Å². The Morgan fingerprint density at radius 1 is 1.28 bits per heavy atom. The van der Waals surface area contributed by atoms with E-state index in [2.05, 4.69) is 22.0 Å². The number of benzene rings is 1. The third-order valence-electron chi connectivity index (χ3n) is 4.88. The number of aryl methyl sites for hydroxylation is 1. The minimum atomic E-state index is -1.07. The number of hydrogen-bond acceptors (Lipinski definition) is 5. The Morgan fingerprint density at radius 3 is 2.64 bits per heavy atom. The summed E-state index contributed by atoms with van der Waals surface area (Å²) in [5, 5.41) is 19.3. The van der Waals surface area contributed by atoms with Crippen LogP contribution < -0.4 is 0 Å². The lowest BCUT2D eigenvalue weighted by Gasteiger charge is -2.33. The first-order valence-corrected chi connectivity index (χ1v) is 8.74. The fourth-order valence-corrected chi connectivity index (χ4v) is 3.36. The van der Waals surface area contributed by atoms with Crippen LogP contribution in [-0.2, 0) is 13.0 Å². The number of aliphatic hydroxyl groups is 1. The van der Waals surface area contributed by atoms with E-state index >= 15 is 0 Å². The summed E-state index contributed by atoms with van der Waals surface area (Å²) < 4.78 is 5.21. The molecule has 2 N–H and O–H groups in total. The minimum absolute atomic E-state index is 0.0544. The van der Waals surface area contributed by atoms with Crippen molar-refractivity contribution in [2.24, 2.45) is 5.92 Å². The SMILES string of the molecule is O=C(O)c1coc(CN2CCC(C(O)CCc3ccccc3)CC2)n1. The van der Waals surface area contributed by atoms with Gasteiger partial charge in [-0.1, -0.05) is 30.3 Å².